The number of hydrogen-bond acceptors (Lipinski definition) is 4. The van der Waals surface area contributed by atoms with E-state index in [0.29, 0.717) is 30.3 Å². The van der Waals surface area contributed by atoms with E-state index in [-0.39, 0.29) is 23.6 Å². The van der Waals surface area contributed by atoms with Crippen LogP contribution in [0.1, 0.15) is 64.0 Å². The quantitative estimate of drug-likeness (QED) is 0.522. The average molecular weight is 499 g/mol. The molecule has 192 valence electrons. The Balaban J connectivity index is 1.66. The SMILES string of the molecule is CC[C@@H](C)C(=O)N[C@@H]1C(=O)N(Cc2c(C3CC3)cnc3ccccc23)c2ccccc2N(C(C)=O)[C@H]1C. The second-order valence-electron chi connectivity index (χ2n) is 10.3. The first-order valence-electron chi connectivity index (χ1n) is 13.2. The summed E-state index contributed by atoms with van der Waals surface area (Å²) in [5, 5.41) is 4.02. The van der Waals surface area contributed by atoms with Crippen molar-refractivity contribution in [3.05, 3.63) is 65.9 Å². The highest BCUT2D eigenvalue weighted by Crippen LogP contribution is 2.44. The van der Waals surface area contributed by atoms with Gasteiger partial charge in [0.15, 0.2) is 0 Å². The largest absolute Gasteiger partial charge is 0.342 e. The molecule has 3 amide bonds. The third kappa shape index (κ3) is 4.59. The lowest BCUT2D eigenvalue weighted by atomic mass is 9.99. The summed E-state index contributed by atoms with van der Waals surface area (Å²) in [7, 11) is 0. The number of anilines is 2. The molecule has 0 radical (unpaired) electrons. The molecule has 5 rings (SSSR count). The second kappa shape index (κ2) is 9.96. The van der Waals surface area contributed by atoms with Crippen LogP contribution in [0.4, 0.5) is 11.4 Å². The lowest BCUT2D eigenvalue weighted by molar-refractivity contribution is -0.130. The topological polar surface area (TPSA) is 82.6 Å². The highest BCUT2D eigenvalue weighted by Gasteiger charge is 2.42. The van der Waals surface area contributed by atoms with Crippen LogP contribution >= 0.6 is 0 Å². The number of benzene rings is 2. The highest BCUT2D eigenvalue weighted by molar-refractivity contribution is 6.08. The van der Waals surface area contributed by atoms with E-state index >= 15 is 0 Å². The highest BCUT2D eigenvalue weighted by atomic mass is 16.2. The van der Waals surface area contributed by atoms with Gasteiger partial charge in [0.2, 0.25) is 11.8 Å². The normalized spacial score (nSPS) is 20.4. The Labute approximate surface area is 217 Å². The molecule has 0 saturated heterocycles. The fraction of sp³-hybridized carbons (Fsp3) is 0.400. The number of amides is 3. The van der Waals surface area contributed by atoms with Crippen LogP contribution < -0.4 is 15.1 Å². The van der Waals surface area contributed by atoms with Crippen LogP contribution in [0.2, 0.25) is 0 Å². The van der Waals surface area contributed by atoms with Crippen LogP contribution in [0, 0.1) is 5.92 Å². The molecular weight excluding hydrogens is 464 g/mol. The van der Waals surface area contributed by atoms with E-state index in [2.05, 4.69) is 11.4 Å². The van der Waals surface area contributed by atoms with Crippen LogP contribution in [-0.2, 0) is 20.9 Å². The van der Waals surface area contributed by atoms with E-state index in [1.165, 1.54) is 12.5 Å². The van der Waals surface area contributed by atoms with E-state index in [1.807, 2.05) is 69.4 Å². The summed E-state index contributed by atoms with van der Waals surface area (Å²) in [6.45, 7) is 7.46. The fourth-order valence-electron chi connectivity index (χ4n) is 5.33. The summed E-state index contributed by atoms with van der Waals surface area (Å²) in [5.74, 6) is -0.378. The van der Waals surface area contributed by atoms with Gasteiger partial charge in [-0.3, -0.25) is 19.4 Å². The zero-order valence-corrected chi connectivity index (χ0v) is 21.9. The minimum Gasteiger partial charge on any atom is -0.342 e. The number of pyridine rings is 1. The number of fused-ring (bicyclic) bond motifs is 2. The number of para-hydroxylation sites is 3. The molecule has 1 saturated carbocycles. The van der Waals surface area contributed by atoms with Gasteiger partial charge in [0, 0.05) is 24.4 Å². The van der Waals surface area contributed by atoms with Crippen LogP contribution in [0.25, 0.3) is 10.9 Å². The van der Waals surface area contributed by atoms with Crippen molar-refractivity contribution < 1.29 is 14.4 Å². The van der Waals surface area contributed by atoms with Gasteiger partial charge in [0.25, 0.3) is 5.91 Å². The maximum atomic E-state index is 14.3. The molecule has 2 aromatic carbocycles. The van der Waals surface area contributed by atoms with Crippen LogP contribution in [0.5, 0.6) is 0 Å². The second-order valence-corrected chi connectivity index (χ2v) is 10.3. The minimum atomic E-state index is -0.879. The third-order valence-corrected chi connectivity index (χ3v) is 7.80. The van der Waals surface area contributed by atoms with Gasteiger partial charge < -0.3 is 15.1 Å². The van der Waals surface area contributed by atoms with E-state index in [9.17, 15) is 14.4 Å². The lowest BCUT2D eigenvalue weighted by Crippen LogP contribution is -2.58. The molecule has 0 spiro atoms. The molecule has 3 aromatic rings. The standard InChI is InChI=1S/C30H34N4O3/c1-5-18(2)29(36)32-28-19(3)34(20(4)35)27-13-9-8-12-26(27)33(30(28)37)17-24-22-10-6-7-11-25(22)31-16-23(24)21-14-15-21/h6-13,16,18-19,21,28H,5,14-15,17H2,1-4H3,(H,32,36)/t18-,19+,28+/m1/s1. The zero-order valence-electron chi connectivity index (χ0n) is 21.9. The lowest BCUT2D eigenvalue weighted by Gasteiger charge is -2.32. The number of carbonyl (C=O) groups is 3. The molecule has 0 unspecified atom stereocenters. The third-order valence-electron chi connectivity index (χ3n) is 7.80. The van der Waals surface area contributed by atoms with Crippen molar-refractivity contribution in [1.82, 2.24) is 10.3 Å². The predicted molar refractivity (Wildman–Crippen MR) is 145 cm³/mol. The number of nitrogens with one attached hydrogen (secondary N) is 1. The van der Waals surface area contributed by atoms with Gasteiger partial charge in [-0.05, 0) is 61.4 Å². The molecule has 37 heavy (non-hydrogen) atoms. The Morgan fingerprint density at radius 2 is 1.76 bits per heavy atom. The Hall–Kier alpha value is -3.74. The number of nitrogens with zero attached hydrogens (tertiary/aromatic N) is 3. The molecule has 2 aliphatic rings. The number of rotatable bonds is 6. The number of aromatic nitrogens is 1. The summed E-state index contributed by atoms with van der Waals surface area (Å²) in [5.41, 5.74) is 4.47. The summed E-state index contributed by atoms with van der Waals surface area (Å²) in [4.78, 5) is 48.3. The molecule has 1 fully saturated rings. The maximum absolute atomic E-state index is 14.3. The van der Waals surface area contributed by atoms with E-state index in [1.54, 1.807) is 9.80 Å². The molecule has 1 aromatic heterocycles. The first-order valence-corrected chi connectivity index (χ1v) is 13.2. The molecule has 2 heterocycles. The maximum Gasteiger partial charge on any atom is 0.252 e. The molecular formula is C30H34N4O3. The van der Waals surface area contributed by atoms with Gasteiger partial charge >= 0.3 is 0 Å². The van der Waals surface area contributed by atoms with Crippen molar-refractivity contribution in [2.45, 2.75) is 71.5 Å². The molecule has 1 aliphatic carbocycles. The van der Waals surface area contributed by atoms with Crippen molar-refractivity contribution in [2.75, 3.05) is 9.80 Å². The van der Waals surface area contributed by atoms with Gasteiger partial charge in [0.1, 0.15) is 6.04 Å². The summed E-state index contributed by atoms with van der Waals surface area (Å²) >= 11 is 0. The van der Waals surface area contributed by atoms with Gasteiger partial charge in [-0.25, -0.2) is 0 Å². The summed E-state index contributed by atoms with van der Waals surface area (Å²) in [6, 6.07) is 14.1. The first kappa shape index (κ1) is 24.9. The Bertz CT molecular complexity index is 1370. The average Bonchev–Trinajstić information content (AvgIpc) is 3.75. The monoisotopic (exact) mass is 498 g/mol. The Morgan fingerprint density at radius 1 is 1.08 bits per heavy atom. The van der Waals surface area contributed by atoms with Gasteiger partial charge in [-0.1, -0.05) is 44.2 Å². The Morgan fingerprint density at radius 3 is 2.43 bits per heavy atom. The molecule has 7 nitrogen and oxygen atoms in total. The number of carbonyl (C=O) groups excluding carboxylic acids is 3. The van der Waals surface area contributed by atoms with Crippen molar-refractivity contribution in [1.29, 1.82) is 0 Å². The van der Waals surface area contributed by atoms with Crippen LogP contribution in [0.15, 0.2) is 54.7 Å². The predicted octanol–water partition coefficient (Wildman–Crippen LogP) is 4.93. The van der Waals surface area contributed by atoms with Crippen molar-refractivity contribution in [2.24, 2.45) is 5.92 Å². The molecule has 3 atom stereocenters. The fourth-order valence-corrected chi connectivity index (χ4v) is 5.33. The van der Waals surface area contributed by atoms with Gasteiger partial charge in [-0.2, -0.15) is 0 Å². The molecule has 0 bridgehead atoms. The molecule has 7 heteroatoms. The molecule has 1 N–H and O–H groups in total. The van der Waals surface area contributed by atoms with Gasteiger partial charge in [-0.15, -0.1) is 0 Å². The first-order chi connectivity index (χ1) is 17.8. The van der Waals surface area contributed by atoms with E-state index in [0.717, 1.165) is 29.3 Å². The zero-order chi connectivity index (χ0) is 26.3. The summed E-state index contributed by atoms with van der Waals surface area (Å²) in [6.07, 6.45) is 4.84. The van der Waals surface area contributed by atoms with Crippen molar-refractivity contribution >= 4 is 40.0 Å². The Kier molecular flexibility index (Phi) is 6.71. The van der Waals surface area contributed by atoms with E-state index in [4.69, 9.17) is 4.98 Å². The minimum absolute atomic E-state index is 0.176. The van der Waals surface area contributed by atoms with Crippen molar-refractivity contribution in [3.8, 4) is 0 Å². The van der Waals surface area contributed by atoms with Crippen LogP contribution in [-0.4, -0.2) is 34.8 Å². The van der Waals surface area contributed by atoms with E-state index < -0.39 is 12.1 Å². The van der Waals surface area contributed by atoms with Crippen LogP contribution in [0.3, 0.4) is 0 Å². The smallest absolute Gasteiger partial charge is 0.252 e. The number of hydrogen-bond donors (Lipinski definition) is 1. The molecule has 1 aliphatic heterocycles. The van der Waals surface area contributed by atoms with Gasteiger partial charge in [0.05, 0.1) is 29.5 Å². The van der Waals surface area contributed by atoms with Crippen molar-refractivity contribution in [3.63, 3.8) is 0 Å². The summed E-state index contributed by atoms with van der Waals surface area (Å²) < 4.78 is 0.